The number of nitrogens with zero attached hydrogens (tertiary/aromatic N) is 1. The van der Waals surface area contributed by atoms with Gasteiger partial charge in [0, 0.05) is 18.0 Å². The summed E-state index contributed by atoms with van der Waals surface area (Å²) in [5, 5.41) is 0. The van der Waals surface area contributed by atoms with Crippen molar-refractivity contribution in [1.29, 1.82) is 0 Å². The van der Waals surface area contributed by atoms with Crippen molar-refractivity contribution in [3.8, 4) is 0 Å². The summed E-state index contributed by atoms with van der Waals surface area (Å²) in [4.78, 5) is 14.4. The fourth-order valence-electron chi connectivity index (χ4n) is 2.92. The van der Waals surface area contributed by atoms with E-state index in [1.54, 1.807) is 0 Å². The summed E-state index contributed by atoms with van der Waals surface area (Å²) in [6.45, 7) is 4.12. The molecule has 2 heterocycles. The Morgan fingerprint density at radius 3 is 2.89 bits per heavy atom. The molecule has 0 fully saturated rings. The van der Waals surface area contributed by atoms with E-state index in [0.29, 0.717) is 13.2 Å². The van der Waals surface area contributed by atoms with Gasteiger partial charge in [-0.2, -0.15) is 0 Å². The molecule has 3 heteroatoms. The van der Waals surface area contributed by atoms with E-state index >= 15 is 0 Å². The first-order valence-corrected chi connectivity index (χ1v) is 6.89. The standard InChI is InChI=1S/C16H19NO2/c1-12-9-14-11-19-8-7-15(14)17(16(12)18)10-13-5-3-2-4-6-13/h2-6,12H,7-11H2,1H3. The van der Waals surface area contributed by atoms with Gasteiger partial charge in [-0.3, -0.25) is 4.79 Å². The smallest absolute Gasteiger partial charge is 0.230 e. The van der Waals surface area contributed by atoms with Crippen LogP contribution in [-0.4, -0.2) is 24.0 Å². The first-order chi connectivity index (χ1) is 9.25. The highest BCUT2D eigenvalue weighted by Gasteiger charge is 2.33. The second kappa shape index (κ2) is 5.17. The molecule has 0 aromatic heterocycles. The minimum atomic E-state index is 0.0733. The van der Waals surface area contributed by atoms with Gasteiger partial charge in [-0.1, -0.05) is 37.3 Å². The van der Waals surface area contributed by atoms with Crippen molar-refractivity contribution in [3.05, 3.63) is 47.2 Å². The Labute approximate surface area is 113 Å². The molecule has 100 valence electrons. The van der Waals surface area contributed by atoms with Crippen LogP contribution in [0.5, 0.6) is 0 Å². The predicted molar refractivity (Wildman–Crippen MR) is 73.2 cm³/mol. The number of ether oxygens (including phenoxy) is 1. The summed E-state index contributed by atoms with van der Waals surface area (Å²) in [5.41, 5.74) is 3.70. The lowest BCUT2D eigenvalue weighted by Crippen LogP contribution is -2.41. The summed E-state index contributed by atoms with van der Waals surface area (Å²) in [5.74, 6) is 0.327. The average molecular weight is 257 g/mol. The summed E-state index contributed by atoms with van der Waals surface area (Å²) in [6, 6.07) is 10.2. The Hall–Kier alpha value is -1.61. The lowest BCUT2D eigenvalue weighted by molar-refractivity contribution is -0.135. The van der Waals surface area contributed by atoms with E-state index in [0.717, 1.165) is 19.4 Å². The van der Waals surface area contributed by atoms with E-state index in [1.165, 1.54) is 16.8 Å². The zero-order chi connectivity index (χ0) is 13.2. The molecule has 1 aromatic rings. The minimum absolute atomic E-state index is 0.0733. The lowest BCUT2D eigenvalue weighted by Gasteiger charge is -2.37. The van der Waals surface area contributed by atoms with E-state index in [1.807, 2.05) is 30.0 Å². The zero-order valence-electron chi connectivity index (χ0n) is 11.3. The topological polar surface area (TPSA) is 29.5 Å². The van der Waals surface area contributed by atoms with Crippen LogP contribution in [0.15, 0.2) is 41.6 Å². The lowest BCUT2D eigenvalue weighted by atomic mass is 9.91. The fourth-order valence-corrected chi connectivity index (χ4v) is 2.92. The zero-order valence-corrected chi connectivity index (χ0v) is 11.3. The molecule has 3 nitrogen and oxygen atoms in total. The van der Waals surface area contributed by atoms with E-state index in [9.17, 15) is 4.79 Å². The number of carbonyl (C=O) groups excluding carboxylic acids is 1. The number of rotatable bonds is 2. The number of hydrogen-bond donors (Lipinski definition) is 0. The van der Waals surface area contributed by atoms with Gasteiger partial charge in [0.15, 0.2) is 0 Å². The van der Waals surface area contributed by atoms with E-state index in [-0.39, 0.29) is 11.8 Å². The van der Waals surface area contributed by atoms with Crippen LogP contribution >= 0.6 is 0 Å². The van der Waals surface area contributed by atoms with Crippen LogP contribution in [-0.2, 0) is 16.1 Å². The molecule has 2 aliphatic heterocycles. The van der Waals surface area contributed by atoms with Crippen molar-refractivity contribution in [1.82, 2.24) is 4.90 Å². The molecule has 2 aliphatic rings. The number of hydrogen-bond acceptors (Lipinski definition) is 2. The summed E-state index contributed by atoms with van der Waals surface area (Å²) in [6.07, 6.45) is 1.72. The first-order valence-electron chi connectivity index (χ1n) is 6.89. The molecule has 0 bridgehead atoms. The number of amides is 1. The van der Waals surface area contributed by atoms with Crippen molar-refractivity contribution in [3.63, 3.8) is 0 Å². The van der Waals surface area contributed by atoms with Crippen molar-refractivity contribution < 1.29 is 9.53 Å². The van der Waals surface area contributed by atoms with Gasteiger partial charge in [0.25, 0.3) is 0 Å². The van der Waals surface area contributed by atoms with Crippen LogP contribution in [0.25, 0.3) is 0 Å². The van der Waals surface area contributed by atoms with Crippen LogP contribution in [0.4, 0.5) is 0 Å². The molecule has 0 saturated carbocycles. The van der Waals surface area contributed by atoms with Gasteiger partial charge in [-0.15, -0.1) is 0 Å². The molecule has 1 amide bonds. The van der Waals surface area contributed by atoms with Crippen LogP contribution in [0.3, 0.4) is 0 Å². The molecule has 0 spiro atoms. The largest absolute Gasteiger partial charge is 0.377 e. The normalized spacial score (nSPS) is 23.5. The highest BCUT2D eigenvalue weighted by molar-refractivity contribution is 5.82. The van der Waals surface area contributed by atoms with E-state index in [4.69, 9.17) is 4.74 Å². The van der Waals surface area contributed by atoms with Crippen molar-refractivity contribution in [2.75, 3.05) is 13.2 Å². The second-order valence-corrected chi connectivity index (χ2v) is 5.37. The second-order valence-electron chi connectivity index (χ2n) is 5.37. The molecule has 1 aromatic carbocycles. The van der Waals surface area contributed by atoms with E-state index < -0.39 is 0 Å². The summed E-state index contributed by atoms with van der Waals surface area (Å²) in [7, 11) is 0. The maximum atomic E-state index is 12.4. The van der Waals surface area contributed by atoms with Gasteiger partial charge in [0.05, 0.1) is 19.8 Å². The van der Waals surface area contributed by atoms with Crippen LogP contribution < -0.4 is 0 Å². The van der Waals surface area contributed by atoms with Crippen molar-refractivity contribution >= 4 is 5.91 Å². The van der Waals surface area contributed by atoms with Crippen LogP contribution in [0.1, 0.15) is 25.3 Å². The highest BCUT2D eigenvalue weighted by Crippen LogP contribution is 2.32. The Kier molecular flexibility index (Phi) is 3.38. The van der Waals surface area contributed by atoms with Crippen LogP contribution in [0, 0.1) is 5.92 Å². The maximum absolute atomic E-state index is 12.4. The third kappa shape index (κ3) is 2.43. The fraction of sp³-hybridized carbons (Fsp3) is 0.438. The van der Waals surface area contributed by atoms with Gasteiger partial charge in [0.1, 0.15) is 0 Å². The third-order valence-electron chi connectivity index (χ3n) is 3.92. The molecule has 1 atom stereocenters. The van der Waals surface area contributed by atoms with Gasteiger partial charge < -0.3 is 9.64 Å². The first kappa shape index (κ1) is 12.4. The number of carbonyl (C=O) groups is 1. The monoisotopic (exact) mass is 257 g/mol. The molecule has 0 radical (unpaired) electrons. The van der Waals surface area contributed by atoms with Gasteiger partial charge in [-0.25, -0.2) is 0 Å². The summed E-state index contributed by atoms with van der Waals surface area (Å²) >= 11 is 0. The Morgan fingerprint density at radius 1 is 1.32 bits per heavy atom. The molecule has 0 aliphatic carbocycles. The van der Waals surface area contributed by atoms with Gasteiger partial charge >= 0.3 is 0 Å². The van der Waals surface area contributed by atoms with Gasteiger partial charge in [-0.05, 0) is 17.6 Å². The Balaban J connectivity index is 1.90. The molecular weight excluding hydrogens is 238 g/mol. The van der Waals surface area contributed by atoms with Crippen molar-refractivity contribution in [2.45, 2.75) is 26.3 Å². The minimum Gasteiger partial charge on any atom is -0.377 e. The predicted octanol–water partition coefficient (Wildman–Crippen LogP) is 2.73. The van der Waals surface area contributed by atoms with Gasteiger partial charge in [0.2, 0.25) is 5.91 Å². The molecule has 0 saturated heterocycles. The SMILES string of the molecule is CC1CC2=C(CCOC2)N(Cc2ccccc2)C1=O. The average Bonchev–Trinajstić information content (AvgIpc) is 2.45. The Bertz CT molecular complexity index is 507. The van der Waals surface area contributed by atoms with E-state index in [2.05, 4.69) is 12.1 Å². The molecular formula is C16H19NO2. The van der Waals surface area contributed by atoms with Crippen molar-refractivity contribution in [2.24, 2.45) is 5.92 Å². The number of benzene rings is 1. The molecule has 1 unspecified atom stereocenters. The Morgan fingerprint density at radius 2 is 2.11 bits per heavy atom. The maximum Gasteiger partial charge on any atom is 0.230 e. The molecule has 0 N–H and O–H groups in total. The third-order valence-corrected chi connectivity index (χ3v) is 3.92. The van der Waals surface area contributed by atoms with Crippen LogP contribution in [0.2, 0.25) is 0 Å². The quantitative estimate of drug-likeness (QED) is 0.815. The molecule has 3 rings (SSSR count). The molecule has 19 heavy (non-hydrogen) atoms. The summed E-state index contributed by atoms with van der Waals surface area (Å²) < 4.78 is 5.53. The highest BCUT2D eigenvalue weighted by atomic mass is 16.5.